The molecular weight excluding hydrogens is 961 g/mol. The Morgan fingerprint density at radius 3 is 0.782 bits per heavy atom. The van der Waals surface area contributed by atoms with E-state index in [0.717, 1.165) is 135 Å². The molecule has 0 fully saturated rings. The Balaban J connectivity index is 4.26. The van der Waals surface area contributed by atoms with Crippen molar-refractivity contribution >= 4 is 17.9 Å². The van der Waals surface area contributed by atoms with E-state index >= 15 is 0 Å². The van der Waals surface area contributed by atoms with E-state index < -0.39 is 6.10 Å². The van der Waals surface area contributed by atoms with Gasteiger partial charge in [0.15, 0.2) is 6.10 Å². The minimum atomic E-state index is -0.790. The second-order valence-electron chi connectivity index (χ2n) is 21.3. The Bertz CT molecular complexity index is 1620. The zero-order valence-corrected chi connectivity index (χ0v) is 50.9. The highest BCUT2D eigenvalue weighted by molar-refractivity contribution is 5.71. The quantitative estimate of drug-likeness (QED) is 0.0261. The van der Waals surface area contributed by atoms with Crippen LogP contribution >= 0.6 is 0 Å². The molecule has 0 aromatic rings. The Hall–Kier alpha value is -4.19. The van der Waals surface area contributed by atoms with Gasteiger partial charge in [0.2, 0.25) is 0 Å². The van der Waals surface area contributed by atoms with Crippen molar-refractivity contribution in [3.63, 3.8) is 0 Å². The molecule has 0 aromatic heterocycles. The van der Waals surface area contributed by atoms with E-state index in [4.69, 9.17) is 14.2 Å². The molecule has 0 aliphatic rings. The van der Waals surface area contributed by atoms with Gasteiger partial charge in [0, 0.05) is 19.3 Å². The number of hydrogen-bond acceptors (Lipinski definition) is 6. The highest BCUT2D eigenvalue weighted by atomic mass is 16.6. The van der Waals surface area contributed by atoms with Crippen LogP contribution in [-0.2, 0) is 28.6 Å². The molecular formula is C72H120O6. The molecule has 0 rings (SSSR count). The van der Waals surface area contributed by atoms with Crippen molar-refractivity contribution in [2.75, 3.05) is 13.2 Å². The van der Waals surface area contributed by atoms with Crippen LogP contribution in [0.25, 0.3) is 0 Å². The first kappa shape index (κ1) is 73.8. The maximum atomic E-state index is 12.9. The van der Waals surface area contributed by atoms with Crippen LogP contribution in [0.3, 0.4) is 0 Å². The minimum absolute atomic E-state index is 0.0867. The van der Waals surface area contributed by atoms with E-state index in [1.54, 1.807) is 0 Å². The SMILES string of the molecule is CC/C=C\C/C=C\C/C=C\C/C=C\C/C=C\C/C=C\C/C=C\CCCCCCCC(=O)OCC(COC(=O)CCCCCCCCCC)OC(=O)CCCCCCCCCCCC/C=C\C/C=C\C/C=C\CCCCCCC. The highest BCUT2D eigenvalue weighted by Gasteiger charge is 2.19. The lowest BCUT2D eigenvalue weighted by Crippen LogP contribution is -2.30. The normalized spacial score (nSPS) is 12.9. The molecule has 0 N–H and O–H groups in total. The van der Waals surface area contributed by atoms with Gasteiger partial charge in [-0.2, -0.15) is 0 Å². The van der Waals surface area contributed by atoms with Crippen LogP contribution < -0.4 is 0 Å². The molecule has 0 aliphatic heterocycles. The lowest BCUT2D eigenvalue weighted by Gasteiger charge is -2.18. The molecule has 0 saturated carbocycles. The van der Waals surface area contributed by atoms with E-state index in [1.807, 2.05) is 0 Å². The van der Waals surface area contributed by atoms with Crippen molar-refractivity contribution in [1.82, 2.24) is 0 Å². The summed E-state index contributed by atoms with van der Waals surface area (Å²) in [7, 11) is 0. The highest BCUT2D eigenvalue weighted by Crippen LogP contribution is 2.15. The first-order valence-corrected chi connectivity index (χ1v) is 32.5. The first-order chi connectivity index (χ1) is 38.5. The van der Waals surface area contributed by atoms with Crippen LogP contribution in [0.1, 0.15) is 297 Å². The zero-order valence-electron chi connectivity index (χ0n) is 50.9. The Labute approximate surface area is 482 Å². The second-order valence-corrected chi connectivity index (χ2v) is 21.3. The third kappa shape index (κ3) is 62.7. The fraction of sp³-hybridized carbons (Fsp3) is 0.681. The van der Waals surface area contributed by atoms with Crippen molar-refractivity contribution in [2.45, 2.75) is 303 Å². The summed E-state index contributed by atoms with van der Waals surface area (Å²) in [5.74, 6) is -0.911. The van der Waals surface area contributed by atoms with E-state index in [1.165, 1.54) is 122 Å². The Kier molecular flexibility index (Phi) is 61.8. The number of allylic oxidation sites excluding steroid dienone is 20. The molecule has 0 amide bonds. The molecule has 1 unspecified atom stereocenters. The summed E-state index contributed by atoms with van der Waals surface area (Å²) in [6.45, 7) is 6.48. The predicted octanol–water partition coefficient (Wildman–Crippen LogP) is 22.4. The third-order valence-corrected chi connectivity index (χ3v) is 13.7. The van der Waals surface area contributed by atoms with Crippen LogP contribution in [0.15, 0.2) is 122 Å². The molecule has 0 aromatic carbocycles. The Morgan fingerprint density at radius 1 is 0.269 bits per heavy atom. The number of hydrogen-bond donors (Lipinski definition) is 0. The van der Waals surface area contributed by atoms with Crippen molar-refractivity contribution in [1.29, 1.82) is 0 Å². The van der Waals surface area contributed by atoms with Gasteiger partial charge in [-0.1, -0.05) is 284 Å². The van der Waals surface area contributed by atoms with Crippen LogP contribution in [-0.4, -0.2) is 37.2 Å². The summed E-state index contributed by atoms with van der Waals surface area (Å²) in [5, 5.41) is 0. The summed E-state index contributed by atoms with van der Waals surface area (Å²) in [4.78, 5) is 38.2. The first-order valence-electron chi connectivity index (χ1n) is 32.5. The molecule has 1 atom stereocenters. The maximum Gasteiger partial charge on any atom is 0.306 e. The van der Waals surface area contributed by atoms with Gasteiger partial charge < -0.3 is 14.2 Å². The standard InChI is InChI=1S/C72H120O6/c1-4-7-10-13-16-19-21-23-25-27-29-31-33-35-36-38-39-41-43-45-47-49-51-53-56-59-62-65-71(74)77-68-69(67-76-70(73)64-61-58-55-18-15-12-9-6-3)78-72(75)66-63-60-57-54-52-50-48-46-44-42-40-37-34-32-30-28-26-24-22-20-17-14-11-8-5-2/h7,10,16,19,22-25,28-31,34-37,39,41,45,47,69H,4-6,8-9,11-15,17-18,20-21,26-27,32-33,38,40,42-44,46,48-68H2,1-3H3/b10-7-,19-16-,24-22-,25-23-,30-28-,31-29-,36-35-,37-34-,41-39-,47-45-. The van der Waals surface area contributed by atoms with Crippen LogP contribution in [0.5, 0.6) is 0 Å². The monoisotopic (exact) mass is 1080 g/mol. The average Bonchev–Trinajstić information content (AvgIpc) is 3.44. The Morgan fingerprint density at radius 2 is 0.500 bits per heavy atom. The smallest absolute Gasteiger partial charge is 0.306 e. The minimum Gasteiger partial charge on any atom is -0.462 e. The zero-order chi connectivity index (χ0) is 56.4. The summed E-state index contributed by atoms with van der Waals surface area (Å²) in [6, 6.07) is 0. The maximum absolute atomic E-state index is 12.9. The molecule has 0 radical (unpaired) electrons. The van der Waals surface area contributed by atoms with E-state index in [9.17, 15) is 14.4 Å². The second kappa shape index (κ2) is 65.3. The third-order valence-electron chi connectivity index (χ3n) is 13.7. The predicted molar refractivity (Wildman–Crippen MR) is 339 cm³/mol. The molecule has 0 bridgehead atoms. The molecule has 6 nitrogen and oxygen atoms in total. The lowest BCUT2D eigenvalue weighted by atomic mass is 10.0. The molecule has 444 valence electrons. The topological polar surface area (TPSA) is 78.9 Å². The van der Waals surface area contributed by atoms with E-state index in [0.29, 0.717) is 19.3 Å². The van der Waals surface area contributed by atoms with Gasteiger partial charge in [-0.05, 0) is 116 Å². The van der Waals surface area contributed by atoms with E-state index in [-0.39, 0.29) is 31.1 Å². The van der Waals surface area contributed by atoms with Gasteiger partial charge in [-0.15, -0.1) is 0 Å². The van der Waals surface area contributed by atoms with Gasteiger partial charge in [0.1, 0.15) is 13.2 Å². The van der Waals surface area contributed by atoms with Crippen LogP contribution in [0.2, 0.25) is 0 Å². The molecule has 0 heterocycles. The summed E-state index contributed by atoms with van der Waals surface area (Å²) in [6.07, 6.45) is 90.7. The van der Waals surface area contributed by atoms with Crippen LogP contribution in [0, 0.1) is 0 Å². The number of ether oxygens (including phenoxy) is 3. The van der Waals surface area contributed by atoms with Gasteiger partial charge in [-0.25, -0.2) is 0 Å². The summed E-state index contributed by atoms with van der Waals surface area (Å²) < 4.78 is 16.9. The molecule has 78 heavy (non-hydrogen) atoms. The van der Waals surface area contributed by atoms with Gasteiger partial charge in [-0.3, -0.25) is 14.4 Å². The molecule has 0 aliphatic carbocycles. The van der Waals surface area contributed by atoms with Gasteiger partial charge in [0.05, 0.1) is 0 Å². The average molecular weight is 1080 g/mol. The van der Waals surface area contributed by atoms with Gasteiger partial charge in [0.25, 0.3) is 0 Å². The van der Waals surface area contributed by atoms with E-state index in [2.05, 4.69) is 142 Å². The fourth-order valence-corrected chi connectivity index (χ4v) is 8.84. The summed E-state index contributed by atoms with van der Waals surface area (Å²) in [5.41, 5.74) is 0. The largest absolute Gasteiger partial charge is 0.462 e. The van der Waals surface area contributed by atoms with Gasteiger partial charge >= 0.3 is 17.9 Å². The number of rotatable bonds is 58. The van der Waals surface area contributed by atoms with Crippen molar-refractivity contribution < 1.29 is 28.6 Å². The number of carbonyl (C=O) groups excluding carboxylic acids is 3. The molecule has 6 heteroatoms. The number of unbranched alkanes of at least 4 members (excludes halogenated alkanes) is 27. The molecule has 0 saturated heterocycles. The van der Waals surface area contributed by atoms with Crippen molar-refractivity contribution in [3.05, 3.63) is 122 Å². The van der Waals surface area contributed by atoms with Crippen LogP contribution in [0.4, 0.5) is 0 Å². The number of esters is 3. The molecule has 0 spiro atoms. The summed E-state index contributed by atoms with van der Waals surface area (Å²) >= 11 is 0. The van der Waals surface area contributed by atoms with Crippen molar-refractivity contribution in [3.8, 4) is 0 Å². The fourth-order valence-electron chi connectivity index (χ4n) is 8.84. The van der Waals surface area contributed by atoms with Crippen molar-refractivity contribution in [2.24, 2.45) is 0 Å². The lowest BCUT2D eigenvalue weighted by molar-refractivity contribution is -0.167. The number of carbonyl (C=O) groups is 3.